The van der Waals surface area contributed by atoms with E-state index < -0.39 is 0 Å². The molecule has 0 spiro atoms. The Morgan fingerprint density at radius 1 is 1.11 bits per heavy atom. The minimum atomic E-state index is -0.229. The topological polar surface area (TPSA) is 67.4 Å². The van der Waals surface area contributed by atoms with Crippen LogP contribution < -0.4 is 15.4 Å². The number of amides is 2. The van der Waals surface area contributed by atoms with Gasteiger partial charge in [-0.3, -0.25) is 9.59 Å². The Morgan fingerprint density at radius 2 is 1.81 bits per heavy atom. The molecule has 0 heterocycles. The van der Waals surface area contributed by atoms with Crippen LogP contribution in [0.1, 0.15) is 36.2 Å². The Labute approximate surface area is 168 Å². The first-order valence-electron chi connectivity index (χ1n) is 8.92. The van der Waals surface area contributed by atoms with Gasteiger partial charge in [0.1, 0.15) is 5.75 Å². The molecule has 0 aliphatic rings. The van der Waals surface area contributed by atoms with Gasteiger partial charge in [-0.1, -0.05) is 41.9 Å². The first kappa shape index (κ1) is 21.0. The lowest BCUT2D eigenvalue weighted by molar-refractivity contribution is -0.120. The van der Waals surface area contributed by atoms with E-state index >= 15 is 0 Å². The van der Waals surface area contributed by atoms with Crippen molar-refractivity contribution in [3.8, 4) is 5.75 Å². The van der Waals surface area contributed by atoms with Gasteiger partial charge in [-0.25, -0.2) is 0 Å². The Hall–Kier alpha value is -2.34. The van der Waals surface area contributed by atoms with E-state index in [-0.39, 0.29) is 11.8 Å². The fraction of sp³-hybridized carbons (Fsp3) is 0.333. The molecule has 5 nitrogen and oxygen atoms in total. The number of nitrogens with one attached hydrogen (secondary N) is 2. The van der Waals surface area contributed by atoms with Crippen molar-refractivity contribution in [1.82, 2.24) is 5.32 Å². The van der Waals surface area contributed by atoms with E-state index in [2.05, 4.69) is 40.4 Å². The molecule has 0 fully saturated rings. The van der Waals surface area contributed by atoms with Crippen LogP contribution >= 0.6 is 15.9 Å². The van der Waals surface area contributed by atoms with Crippen LogP contribution in [0.2, 0.25) is 0 Å². The lowest BCUT2D eigenvalue weighted by atomic mass is 10.1. The zero-order valence-corrected chi connectivity index (χ0v) is 17.4. The van der Waals surface area contributed by atoms with Gasteiger partial charge in [-0.05, 0) is 48.2 Å². The van der Waals surface area contributed by atoms with Crippen molar-refractivity contribution in [2.45, 2.75) is 26.7 Å². The van der Waals surface area contributed by atoms with E-state index in [0.29, 0.717) is 42.4 Å². The van der Waals surface area contributed by atoms with Crippen LogP contribution in [-0.4, -0.2) is 25.5 Å². The minimum absolute atomic E-state index is 0.0101. The van der Waals surface area contributed by atoms with Crippen molar-refractivity contribution in [3.05, 3.63) is 58.1 Å². The minimum Gasteiger partial charge on any atom is -0.492 e. The molecule has 2 amide bonds. The molecule has 0 saturated carbocycles. The highest BCUT2D eigenvalue weighted by Crippen LogP contribution is 2.25. The zero-order chi connectivity index (χ0) is 19.8. The molecule has 6 heteroatoms. The first-order chi connectivity index (χ1) is 12.9. The second kappa shape index (κ2) is 10.1. The van der Waals surface area contributed by atoms with Gasteiger partial charge in [-0.15, -0.1) is 0 Å². The molecule has 0 radical (unpaired) electrons. The van der Waals surface area contributed by atoms with Gasteiger partial charge in [0.05, 0.1) is 12.2 Å². The Bertz CT molecular complexity index is 789. The van der Waals surface area contributed by atoms with Gasteiger partial charge in [0.25, 0.3) is 5.91 Å². The smallest absolute Gasteiger partial charge is 0.259 e. The van der Waals surface area contributed by atoms with Crippen LogP contribution in [0.25, 0.3) is 0 Å². The molecule has 2 N–H and O–H groups in total. The lowest BCUT2D eigenvalue weighted by Crippen LogP contribution is -2.18. The van der Waals surface area contributed by atoms with Crippen LogP contribution in [0.3, 0.4) is 0 Å². The number of anilines is 1. The summed E-state index contributed by atoms with van der Waals surface area (Å²) >= 11 is 3.41. The second-order valence-corrected chi connectivity index (χ2v) is 7.59. The average Bonchev–Trinajstić information content (AvgIpc) is 2.65. The highest BCUT2D eigenvalue weighted by atomic mass is 79.9. The number of ether oxygens (including phenoxy) is 1. The summed E-state index contributed by atoms with van der Waals surface area (Å²) in [5.74, 6) is 0.711. The molecule has 0 aliphatic carbocycles. The number of rotatable bonds is 8. The largest absolute Gasteiger partial charge is 0.492 e. The summed E-state index contributed by atoms with van der Waals surface area (Å²) in [6.07, 6.45) is 1.10. The fourth-order valence-corrected chi connectivity index (χ4v) is 2.76. The standard InChI is InChI=1S/C21H25BrN2O3/c1-14(2)13-27-19-10-7-16(22)12-18(19)21(26)24-17-8-4-15(5-9-17)6-11-20(25)23-3/h4-5,7-10,12,14H,6,11,13H2,1-3H3,(H,23,25)(H,24,26). The number of aryl methyl sites for hydroxylation is 1. The van der Waals surface area contributed by atoms with E-state index in [1.165, 1.54) is 0 Å². The molecular weight excluding hydrogens is 408 g/mol. The molecule has 27 heavy (non-hydrogen) atoms. The van der Waals surface area contributed by atoms with Gasteiger partial charge in [0.2, 0.25) is 5.91 Å². The quantitative estimate of drug-likeness (QED) is 0.648. The normalized spacial score (nSPS) is 10.6. The van der Waals surface area contributed by atoms with E-state index in [4.69, 9.17) is 4.74 Å². The van der Waals surface area contributed by atoms with E-state index in [1.807, 2.05) is 30.3 Å². The number of hydrogen-bond acceptors (Lipinski definition) is 3. The molecule has 0 aromatic heterocycles. The third kappa shape index (κ3) is 6.71. The van der Waals surface area contributed by atoms with Crippen molar-refractivity contribution in [2.75, 3.05) is 19.0 Å². The zero-order valence-electron chi connectivity index (χ0n) is 15.8. The van der Waals surface area contributed by atoms with Crippen LogP contribution in [-0.2, 0) is 11.2 Å². The molecule has 0 unspecified atom stereocenters. The molecule has 0 bridgehead atoms. The van der Waals surface area contributed by atoms with Crippen LogP contribution in [0, 0.1) is 5.92 Å². The monoisotopic (exact) mass is 432 g/mol. The van der Waals surface area contributed by atoms with Crippen LogP contribution in [0.4, 0.5) is 5.69 Å². The Morgan fingerprint density at radius 3 is 2.44 bits per heavy atom. The van der Waals surface area contributed by atoms with E-state index in [0.717, 1.165) is 10.0 Å². The van der Waals surface area contributed by atoms with Gasteiger partial charge < -0.3 is 15.4 Å². The molecule has 2 rings (SSSR count). The van der Waals surface area contributed by atoms with Crippen LogP contribution in [0.15, 0.2) is 46.9 Å². The summed E-state index contributed by atoms with van der Waals surface area (Å²) < 4.78 is 6.59. The van der Waals surface area contributed by atoms with E-state index in [1.54, 1.807) is 19.2 Å². The Kier molecular flexibility index (Phi) is 7.85. The number of carbonyl (C=O) groups excluding carboxylic acids is 2. The number of carbonyl (C=O) groups is 2. The van der Waals surface area contributed by atoms with E-state index in [9.17, 15) is 9.59 Å². The van der Waals surface area contributed by atoms with Crippen molar-refractivity contribution in [1.29, 1.82) is 0 Å². The maximum atomic E-state index is 12.7. The van der Waals surface area contributed by atoms with Crippen molar-refractivity contribution >= 4 is 33.4 Å². The molecular formula is C21H25BrN2O3. The van der Waals surface area contributed by atoms with Crippen molar-refractivity contribution in [2.24, 2.45) is 5.92 Å². The van der Waals surface area contributed by atoms with Gasteiger partial charge in [0.15, 0.2) is 0 Å². The molecule has 144 valence electrons. The molecule has 2 aromatic rings. The maximum absolute atomic E-state index is 12.7. The fourth-order valence-electron chi connectivity index (χ4n) is 2.40. The predicted molar refractivity (Wildman–Crippen MR) is 111 cm³/mol. The lowest BCUT2D eigenvalue weighted by Gasteiger charge is -2.14. The summed E-state index contributed by atoms with van der Waals surface area (Å²) in [7, 11) is 1.63. The summed E-state index contributed by atoms with van der Waals surface area (Å²) in [4.78, 5) is 24.0. The van der Waals surface area contributed by atoms with Crippen molar-refractivity contribution < 1.29 is 14.3 Å². The highest BCUT2D eigenvalue weighted by Gasteiger charge is 2.14. The van der Waals surface area contributed by atoms with Crippen LogP contribution in [0.5, 0.6) is 5.75 Å². The highest BCUT2D eigenvalue weighted by molar-refractivity contribution is 9.10. The summed E-state index contributed by atoms with van der Waals surface area (Å²) in [5, 5.41) is 5.50. The van der Waals surface area contributed by atoms with Gasteiger partial charge in [0, 0.05) is 23.6 Å². The molecule has 2 aromatic carbocycles. The second-order valence-electron chi connectivity index (χ2n) is 6.67. The average molecular weight is 433 g/mol. The summed E-state index contributed by atoms with van der Waals surface area (Å²) in [6.45, 7) is 4.66. The van der Waals surface area contributed by atoms with Crippen molar-refractivity contribution in [3.63, 3.8) is 0 Å². The predicted octanol–water partition coefficient (Wildman–Crippen LogP) is 4.41. The SMILES string of the molecule is CNC(=O)CCc1ccc(NC(=O)c2cc(Br)ccc2OCC(C)C)cc1. The Balaban J connectivity index is 2.06. The third-order valence-corrected chi connectivity index (χ3v) is 4.38. The number of benzene rings is 2. The van der Waals surface area contributed by atoms with Gasteiger partial charge in [-0.2, -0.15) is 0 Å². The maximum Gasteiger partial charge on any atom is 0.259 e. The summed E-state index contributed by atoms with van der Waals surface area (Å²) in [5.41, 5.74) is 2.22. The molecule has 0 atom stereocenters. The molecule has 0 aliphatic heterocycles. The first-order valence-corrected chi connectivity index (χ1v) is 9.71. The van der Waals surface area contributed by atoms with Gasteiger partial charge >= 0.3 is 0 Å². The number of hydrogen-bond donors (Lipinski definition) is 2. The molecule has 0 saturated heterocycles. The number of halogens is 1. The summed E-state index contributed by atoms with van der Waals surface area (Å²) in [6, 6.07) is 12.9. The third-order valence-electron chi connectivity index (χ3n) is 3.89.